The van der Waals surface area contributed by atoms with Crippen LogP contribution in [0.2, 0.25) is 0 Å². The molecule has 0 unspecified atom stereocenters. The first-order valence-electron chi connectivity index (χ1n) is 8.84. The van der Waals surface area contributed by atoms with E-state index in [1.807, 2.05) is 4.90 Å². The maximum absolute atomic E-state index is 12.4. The summed E-state index contributed by atoms with van der Waals surface area (Å²) in [6, 6.07) is 0. The minimum Gasteiger partial charge on any atom is -0.303 e. The van der Waals surface area contributed by atoms with Gasteiger partial charge in [-0.2, -0.15) is 13.2 Å². The van der Waals surface area contributed by atoms with Crippen molar-refractivity contribution in [1.82, 2.24) is 19.4 Å². The SMILES string of the molecule is CCN(CC)CCN(CCNS(=O)(=O)C(F)(F)F)CCN(CC)CC. The van der Waals surface area contributed by atoms with Crippen molar-refractivity contribution < 1.29 is 21.6 Å². The highest BCUT2D eigenvalue weighted by Crippen LogP contribution is 2.21. The smallest absolute Gasteiger partial charge is 0.303 e. The molecule has 0 aliphatic carbocycles. The van der Waals surface area contributed by atoms with E-state index in [0.717, 1.165) is 39.3 Å². The third-order valence-corrected chi connectivity index (χ3v) is 5.47. The zero-order chi connectivity index (χ0) is 19.5. The number of alkyl halides is 3. The van der Waals surface area contributed by atoms with E-state index in [-0.39, 0.29) is 13.1 Å². The highest BCUT2D eigenvalue weighted by molar-refractivity contribution is 7.90. The third kappa shape index (κ3) is 9.74. The topological polar surface area (TPSA) is 55.9 Å². The molecule has 0 rings (SSSR count). The zero-order valence-corrected chi connectivity index (χ0v) is 16.6. The van der Waals surface area contributed by atoms with Crippen molar-refractivity contribution >= 4 is 10.0 Å². The Morgan fingerprint density at radius 2 is 1.08 bits per heavy atom. The van der Waals surface area contributed by atoms with Crippen LogP contribution in [-0.4, -0.2) is 94.1 Å². The van der Waals surface area contributed by atoms with Crippen molar-refractivity contribution in [2.24, 2.45) is 0 Å². The summed E-state index contributed by atoms with van der Waals surface area (Å²) >= 11 is 0. The number of halogens is 3. The molecule has 1 N–H and O–H groups in total. The summed E-state index contributed by atoms with van der Waals surface area (Å²) in [5, 5.41) is 0. The van der Waals surface area contributed by atoms with E-state index < -0.39 is 15.5 Å². The molecule has 0 radical (unpaired) electrons. The van der Waals surface area contributed by atoms with Crippen molar-refractivity contribution in [3.63, 3.8) is 0 Å². The number of rotatable bonds is 14. The van der Waals surface area contributed by atoms with Gasteiger partial charge < -0.3 is 9.80 Å². The predicted octanol–water partition coefficient (Wildman–Crippen LogP) is 1.41. The molecule has 0 saturated carbocycles. The van der Waals surface area contributed by atoms with E-state index in [0.29, 0.717) is 13.1 Å². The molecule has 0 spiro atoms. The van der Waals surface area contributed by atoms with Crippen molar-refractivity contribution in [2.45, 2.75) is 33.2 Å². The minimum atomic E-state index is -5.27. The first-order chi connectivity index (χ1) is 11.6. The number of nitrogens with zero attached hydrogens (tertiary/aromatic N) is 3. The van der Waals surface area contributed by atoms with Crippen LogP contribution in [0.5, 0.6) is 0 Å². The molecule has 0 saturated heterocycles. The minimum absolute atomic E-state index is 0.248. The number of sulfonamides is 1. The fourth-order valence-corrected chi connectivity index (χ4v) is 2.92. The number of hydrogen-bond donors (Lipinski definition) is 1. The molecule has 0 amide bonds. The quantitative estimate of drug-likeness (QED) is 0.486. The van der Waals surface area contributed by atoms with Gasteiger partial charge in [0.15, 0.2) is 0 Å². The predicted molar refractivity (Wildman–Crippen MR) is 95.0 cm³/mol. The summed E-state index contributed by atoms with van der Waals surface area (Å²) in [6.45, 7) is 14.8. The van der Waals surface area contributed by atoms with Crippen molar-refractivity contribution in [3.05, 3.63) is 0 Å². The average Bonchev–Trinajstić information content (AvgIpc) is 2.54. The van der Waals surface area contributed by atoms with E-state index in [9.17, 15) is 21.6 Å². The zero-order valence-electron chi connectivity index (χ0n) is 15.8. The molecule has 0 aromatic rings. The molecule has 0 bridgehead atoms. The van der Waals surface area contributed by atoms with Gasteiger partial charge in [0.1, 0.15) is 0 Å². The van der Waals surface area contributed by atoms with Crippen LogP contribution in [0.1, 0.15) is 27.7 Å². The first-order valence-corrected chi connectivity index (χ1v) is 10.3. The van der Waals surface area contributed by atoms with Crippen molar-refractivity contribution in [2.75, 3.05) is 65.4 Å². The number of hydrogen-bond acceptors (Lipinski definition) is 5. The molecule has 0 aliphatic heterocycles. The Kier molecular flexibility index (Phi) is 11.9. The van der Waals surface area contributed by atoms with Gasteiger partial charge in [-0.1, -0.05) is 27.7 Å². The lowest BCUT2D eigenvalue weighted by Crippen LogP contribution is -2.44. The van der Waals surface area contributed by atoms with Gasteiger partial charge >= 0.3 is 15.5 Å². The Hall–Kier alpha value is -0.420. The molecule has 0 atom stereocenters. The summed E-state index contributed by atoms with van der Waals surface area (Å²) < 4.78 is 60.9. The second-order valence-electron chi connectivity index (χ2n) is 5.74. The standard InChI is InChI=1S/C15H33F3N4O2S/c1-5-20(6-2)11-13-22(14-12-21(7-3)8-4)10-9-19-25(23,24)15(16,17)18/h19H,5-14H2,1-4H3. The van der Waals surface area contributed by atoms with Gasteiger partial charge in [-0.05, 0) is 26.2 Å². The van der Waals surface area contributed by atoms with Crippen molar-refractivity contribution in [3.8, 4) is 0 Å². The molecule has 0 heterocycles. The maximum atomic E-state index is 12.4. The van der Waals surface area contributed by atoms with Gasteiger partial charge in [-0.15, -0.1) is 0 Å². The fraction of sp³-hybridized carbons (Fsp3) is 1.00. The first kappa shape index (κ1) is 24.6. The lowest BCUT2D eigenvalue weighted by atomic mass is 10.3. The normalized spacial score (nSPS) is 13.4. The Morgan fingerprint density at radius 3 is 1.40 bits per heavy atom. The molecule has 0 aromatic heterocycles. The van der Waals surface area contributed by atoms with E-state index >= 15 is 0 Å². The van der Waals surface area contributed by atoms with Gasteiger partial charge in [-0.3, -0.25) is 4.90 Å². The van der Waals surface area contributed by atoms with Crippen LogP contribution in [0.25, 0.3) is 0 Å². The van der Waals surface area contributed by atoms with Crippen LogP contribution in [0, 0.1) is 0 Å². The molecule has 25 heavy (non-hydrogen) atoms. The van der Waals surface area contributed by atoms with Crippen LogP contribution in [-0.2, 0) is 10.0 Å². The average molecular weight is 391 g/mol. The Labute approximate surface area is 150 Å². The van der Waals surface area contributed by atoms with Gasteiger partial charge in [0, 0.05) is 39.3 Å². The number of nitrogens with one attached hydrogen (secondary N) is 1. The molecule has 0 aromatic carbocycles. The van der Waals surface area contributed by atoms with Gasteiger partial charge in [0.25, 0.3) is 0 Å². The van der Waals surface area contributed by atoms with E-state index in [2.05, 4.69) is 37.5 Å². The second-order valence-corrected chi connectivity index (χ2v) is 7.50. The molecule has 152 valence electrons. The Morgan fingerprint density at radius 1 is 0.720 bits per heavy atom. The van der Waals surface area contributed by atoms with Gasteiger partial charge in [0.2, 0.25) is 0 Å². The summed E-state index contributed by atoms with van der Waals surface area (Å²) in [5.74, 6) is 0. The lowest BCUT2D eigenvalue weighted by molar-refractivity contribution is -0.0448. The Balaban J connectivity index is 4.61. The van der Waals surface area contributed by atoms with E-state index in [1.54, 1.807) is 4.72 Å². The van der Waals surface area contributed by atoms with Crippen LogP contribution < -0.4 is 4.72 Å². The summed E-state index contributed by atoms with van der Waals surface area (Å²) in [4.78, 5) is 6.46. The van der Waals surface area contributed by atoms with E-state index in [1.165, 1.54) is 0 Å². The molecule has 0 fully saturated rings. The molecular weight excluding hydrogens is 357 g/mol. The summed E-state index contributed by atoms with van der Waals surface area (Å²) in [6.07, 6.45) is 0. The molecule has 0 aliphatic rings. The van der Waals surface area contributed by atoms with Crippen LogP contribution in [0.3, 0.4) is 0 Å². The van der Waals surface area contributed by atoms with Crippen LogP contribution in [0.15, 0.2) is 0 Å². The maximum Gasteiger partial charge on any atom is 0.511 e. The van der Waals surface area contributed by atoms with Crippen LogP contribution >= 0.6 is 0 Å². The molecular formula is C15H33F3N4O2S. The Bertz CT molecular complexity index is 423. The third-order valence-electron chi connectivity index (χ3n) is 4.28. The number of likely N-dealkylation sites (N-methyl/N-ethyl adjacent to an activating group) is 2. The van der Waals surface area contributed by atoms with Gasteiger partial charge in [0.05, 0.1) is 0 Å². The monoisotopic (exact) mass is 390 g/mol. The van der Waals surface area contributed by atoms with Gasteiger partial charge in [-0.25, -0.2) is 13.1 Å². The highest BCUT2D eigenvalue weighted by Gasteiger charge is 2.45. The molecule has 10 heteroatoms. The van der Waals surface area contributed by atoms with Crippen molar-refractivity contribution in [1.29, 1.82) is 0 Å². The summed E-state index contributed by atoms with van der Waals surface area (Å²) in [5.41, 5.74) is -5.26. The highest BCUT2D eigenvalue weighted by atomic mass is 32.2. The lowest BCUT2D eigenvalue weighted by Gasteiger charge is -2.28. The van der Waals surface area contributed by atoms with E-state index in [4.69, 9.17) is 0 Å². The molecule has 6 nitrogen and oxygen atoms in total. The van der Waals surface area contributed by atoms with Crippen LogP contribution in [0.4, 0.5) is 13.2 Å². The largest absolute Gasteiger partial charge is 0.511 e. The second kappa shape index (κ2) is 12.1. The summed E-state index contributed by atoms with van der Waals surface area (Å²) in [7, 11) is -5.27. The fourth-order valence-electron chi connectivity index (χ4n) is 2.40.